The van der Waals surface area contributed by atoms with Crippen molar-refractivity contribution in [3.8, 4) is 0 Å². The number of carbonyl (C=O) groups is 1. The maximum absolute atomic E-state index is 11.2. The van der Waals surface area contributed by atoms with Crippen LogP contribution in [0.3, 0.4) is 0 Å². The van der Waals surface area contributed by atoms with E-state index in [-0.39, 0.29) is 12.4 Å². The lowest BCUT2D eigenvalue weighted by Gasteiger charge is -2.11. The van der Waals surface area contributed by atoms with Gasteiger partial charge in [-0.05, 0) is 41.5 Å². The van der Waals surface area contributed by atoms with Crippen LogP contribution < -0.4 is 10.6 Å². The fourth-order valence-corrected chi connectivity index (χ4v) is 2.00. The van der Waals surface area contributed by atoms with Crippen LogP contribution in [0.4, 0.5) is 5.69 Å². The summed E-state index contributed by atoms with van der Waals surface area (Å²) in [5.41, 5.74) is 2.81. The van der Waals surface area contributed by atoms with Gasteiger partial charge in [0.15, 0.2) is 5.11 Å². The van der Waals surface area contributed by atoms with Gasteiger partial charge in [0.25, 0.3) is 0 Å². The molecule has 0 spiro atoms. The Morgan fingerprint density at radius 2 is 2.00 bits per heavy atom. The van der Waals surface area contributed by atoms with E-state index in [9.17, 15) is 4.79 Å². The van der Waals surface area contributed by atoms with Crippen LogP contribution in [0.25, 0.3) is 0 Å². The molecule has 22 heavy (non-hydrogen) atoms. The third-order valence-corrected chi connectivity index (χ3v) is 3.21. The van der Waals surface area contributed by atoms with Gasteiger partial charge in [-0.3, -0.25) is 9.78 Å². The first kappa shape index (κ1) is 15.9. The van der Waals surface area contributed by atoms with Crippen molar-refractivity contribution in [2.45, 2.75) is 13.0 Å². The smallest absolute Gasteiger partial charge is 0.309 e. The second-order valence-corrected chi connectivity index (χ2v) is 5.03. The number of nitrogens with zero attached hydrogens (tertiary/aromatic N) is 1. The molecule has 2 N–H and O–H groups in total. The molecular formula is C16H17N3O2S. The number of carbonyl (C=O) groups excluding carboxylic acids is 1. The third kappa shape index (κ3) is 5.14. The van der Waals surface area contributed by atoms with Crippen LogP contribution in [0.15, 0.2) is 48.8 Å². The number of ether oxygens (including phenoxy) is 1. The van der Waals surface area contributed by atoms with Crippen molar-refractivity contribution in [3.63, 3.8) is 0 Å². The van der Waals surface area contributed by atoms with Gasteiger partial charge >= 0.3 is 5.97 Å². The quantitative estimate of drug-likeness (QED) is 0.652. The molecule has 0 unspecified atom stereocenters. The summed E-state index contributed by atoms with van der Waals surface area (Å²) < 4.78 is 4.63. The number of methoxy groups -OCH3 is 1. The van der Waals surface area contributed by atoms with Gasteiger partial charge in [-0.2, -0.15) is 0 Å². The number of nitrogens with one attached hydrogen (secondary N) is 2. The molecule has 1 aromatic heterocycles. The summed E-state index contributed by atoms with van der Waals surface area (Å²) in [6.07, 6.45) is 3.79. The molecular weight excluding hydrogens is 298 g/mol. The standard InChI is InChI=1S/C16H17N3O2S/c1-21-15(20)9-12-4-6-14(7-5-12)19-16(22)18-11-13-3-2-8-17-10-13/h2-8,10H,9,11H2,1H3,(H2,18,19,22). The van der Waals surface area contributed by atoms with Crippen molar-refractivity contribution in [1.82, 2.24) is 10.3 Å². The van der Waals surface area contributed by atoms with E-state index in [4.69, 9.17) is 12.2 Å². The minimum Gasteiger partial charge on any atom is -0.469 e. The van der Waals surface area contributed by atoms with E-state index < -0.39 is 0 Å². The molecule has 0 atom stereocenters. The normalized spacial score (nSPS) is 9.86. The summed E-state index contributed by atoms with van der Waals surface area (Å²) in [5, 5.41) is 6.73. The SMILES string of the molecule is COC(=O)Cc1ccc(NC(=S)NCc2cccnc2)cc1. The molecule has 2 rings (SSSR count). The summed E-state index contributed by atoms with van der Waals surface area (Å²) in [6, 6.07) is 11.3. The summed E-state index contributed by atoms with van der Waals surface area (Å²) in [7, 11) is 1.38. The fraction of sp³-hybridized carbons (Fsp3) is 0.188. The van der Waals surface area contributed by atoms with Gasteiger partial charge in [0.1, 0.15) is 0 Å². The van der Waals surface area contributed by atoms with Crippen LogP contribution in [0.2, 0.25) is 0 Å². The summed E-state index contributed by atoms with van der Waals surface area (Å²) >= 11 is 5.24. The lowest BCUT2D eigenvalue weighted by molar-refractivity contribution is -0.139. The molecule has 0 saturated carbocycles. The van der Waals surface area contributed by atoms with E-state index in [1.165, 1.54) is 7.11 Å². The highest BCUT2D eigenvalue weighted by atomic mass is 32.1. The zero-order valence-corrected chi connectivity index (χ0v) is 13.0. The zero-order valence-electron chi connectivity index (χ0n) is 12.2. The van der Waals surface area contributed by atoms with Gasteiger partial charge in [0.2, 0.25) is 0 Å². The Labute approximate surface area is 134 Å². The number of hydrogen-bond donors (Lipinski definition) is 2. The predicted octanol–water partition coefficient (Wildman–Crippen LogP) is 2.28. The molecule has 5 nitrogen and oxygen atoms in total. The number of benzene rings is 1. The molecule has 0 saturated heterocycles. The maximum atomic E-state index is 11.2. The lowest BCUT2D eigenvalue weighted by atomic mass is 10.1. The van der Waals surface area contributed by atoms with Gasteiger partial charge in [-0.25, -0.2) is 0 Å². The Kier molecular flexibility index (Phi) is 5.85. The summed E-state index contributed by atoms with van der Waals surface area (Å²) in [5.74, 6) is -0.255. The van der Waals surface area contributed by atoms with Gasteiger partial charge in [0, 0.05) is 24.6 Å². The highest BCUT2D eigenvalue weighted by molar-refractivity contribution is 7.80. The van der Waals surface area contributed by atoms with Crippen LogP contribution in [-0.2, 0) is 22.5 Å². The van der Waals surface area contributed by atoms with E-state index in [1.54, 1.807) is 12.4 Å². The number of aromatic nitrogens is 1. The highest BCUT2D eigenvalue weighted by Gasteiger charge is 2.03. The van der Waals surface area contributed by atoms with Crippen LogP contribution in [0, 0.1) is 0 Å². The molecule has 0 amide bonds. The minimum absolute atomic E-state index is 0.255. The summed E-state index contributed by atoms with van der Waals surface area (Å²) in [6.45, 7) is 0.611. The van der Waals surface area contributed by atoms with E-state index in [0.29, 0.717) is 11.7 Å². The van der Waals surface area contributed by atoms with Crippen molar-refractivity contribution in [3.05, 3.63) is 59.9 Å². The van der Waals surface area contributed by atoms with Gasteiger partial charge in [0.05, 0.1) is 13.5 Å². The van der Waals surface area contributed by atoms with E-state index >= 15 is 0 Å². The van der Waals surface area contributed by atoms with Crippen LogP contribution >= 0.6 is 12.2 Å². The topological polar surface area (TPSA) is 63.2 Å². The van der Waals surface area contributed by atoms with Gasteiger partial charge in [-0.15, -0.1) is 0 Å². The van der Waals surface area contributed by atoms with Crippen molar-refractivity contribution in [2.24, 2.45) is 0 Å². The molecule has 0 aliphatic carbocycles. The van der Waals surface area contributed by atoms with Crippen molar-refractivity contribution >= 4 is 29.0 Å². The lowest BCUT2D eigenvalue weighted by Crippen LogP contribution is -2.27. The minimum atomic E-state index is -0.255. The van der Waals surface area contributed by atoms with Crippen LogP contribution in [-0.4, -0.2) is 23.2 Å². The zero-order chi connectivity index (χ0) is 15.8. The Hall–Kier alpha value is -2.47. The fourth-order valence-electron chi connectivity index (χ4n) is 1.81. The monoisotopic (exact) mass is 315 g/mol. The molecule has 1 aromatic carbocycles. The highest BCUT2D eigenvalue weighted by Crippen LogP contribution is 2.10. The Balaban J connectivity index is 1.82. The molecule has 1 heterocycles. The first-order valence-electron chi connectivity index (χ1n) is 6.77. The average Bonchev–Trinajstić information content (AvgIpc) is 2.55. The molecule has 114 valence electrons. The van der Waals surface area contributed by atoms with Crippen molar-refractivity contribution < 1.29 is 9.53 Å². The maximum Gasteiger partial charge on any atom is 0.309 e. The van der Waals surface area contributed by atoms with Crippen molar-refractivity contribution in [2.75, 3.05) is 12.4 Å². The molecule has 0 aliphatic rings. The first-order valence-corrected chi connectivity index (χ1v) is 7.17. The Bertz CT molecular complexity index is 630. The summed E-state index contributed by atoms with van der Waals surface area (Å²) in [4.78, 5) is 15.2. The largest absolute Gasteiger partial charge is 0.469 e. The molecule has 0 radical (unpaired) electrons. The van der Waals surface area contributed by atoms with E-state index in [1.807, 2.05) is 36.4 Å². The molecule has 0 fully saturated rings. The molecule has 0 aliphatic heterocycles. The second-order valence-electron chi connectivity index (χ2n) is 4.62. The number of hydrogen-bond acceptors (Lipinski definition) is 4. The third-order valence-electron chi connectivity index (χ3n) is 2.96. The number of esters is 1. The van der Waals surface area contributed by atoms with Crippen molar-refractivity contribution in [1.29, 1.82) is 0 Å². The number of thiocarbonyl (C=S) groups is 1. The number of pyridine rings is 1. The van der Waals surface area contributed by atoms with E-state index in [2.05, 4.69) is 20.4 Å². The number of anilines is 1. The second kappa shape index (κ2) is 8.09. The average molecular weight is 315 g/mol. The Morgan fingerprint density at radius 1 is 1.23 bits per heavy atom. The molecule has 0 bridgehead atoms. The van der Waals surface area contributed by atoms with Gasteiger partial charge in [-0.1, -0.05) is 18.2 Å². The van der Waals surface area contributed by atoms with E-state index in [0.717, 1.165) is 16.8 Å². The Morgan fingerprint density at radius 3 is 2.64 bits per heavy atom. The van der Waals surface area contributed by atoms with Crippen LogP contribution in [0.1, 0.15) is 11.1 Å². The van der Waals surface area contributed by atoms with Gasteiger partial charge < -0.3 is 15.4 Å². The molecule has 6 heteroatoms. The number of rotatable bonds is 5. The predicted molar refractivity (Wildman–Crippen MR) is 89.5 cm³/mol. The first-order chi connectivity index (χ1) is 10.7. The van der Waals surface area contributed by atoms with Crippen LogP contribution in [0.5, 0.6) is 0 Å². The molecule has 2 aromatic rings.